The minimum absolute atomic E-state index is 0.467. The van der Waals surface area contributed by atoms with E-state index in [1.165, 1.54) is 11.1 Å². The lowest BCUT2D eigenvalue weighted by Gasteiger charge is -2.16. The number of hydrogen-bond donors (Lipinski definition) is 1. The van der Waals surface area contributed by atoms with Crippen molar-refractivity contribution in [2.24, 2.45) is 0 Å². The molecule has 0 bridgehead atoms. The van der Waals surface area contributed by atoms with Gasteiger partial charge in [-0.05, 0) is 12.5 Å². The molecule has 0 saturated carbocycles. The van der Waals surface area contributed by atoms with E-state index in [9.17, 15) is 0 Å². The Kier molecular flexibility index (Phi) is 5.18. The van der Waals surface area contributed by atoms with Crippen LogP contribution in [0.25, 0.3) is 0 Å². The number of benzene rings is 1. The van der Waals surface area contributed by atoms with Gasteiger partial charge in [0.05, 0.1) is 12.9 Å². The maximum absolute atomic E-state index is 5.98. The number of nitrogens with zero attached hydrogens (tertiary/aromatic N) is 2. The Morgan fingerprint density at radius 3 is 2.90 bits per heavy atom. The molecule has 0 atom stereocenters. The fourth-order valence-electron chi connectivity index (χ4n) is 2.05. The highest BCUT2D eigenvalue weighted by Gasteiger charge is 2.07. The quantitative estimate of drug-likeness (QED) is 0.843. The molecule has 2 rings (SSSR count). The smallest absolute Gasteiger partial charge is 0.126 e. The molecule has 0 spiro atoms. The lowest BCUT2D eigenvalue weighted by Crippen LogP contribution is -2.22. The average Bonchev–Trinajstić information content (AvgIpc) is 2.92. The van der Waals surface area contributed by atoms with Gasteiger partial charge in [0.1, 0.15) is 12.4 Å². The minimum atomic E-state index is 0.467. The van der Waals surface area contributed by atoms with Crippen molar-refractivity contribution in [1.82, 2.24) is 14.9 Å². The maximum Gasteiger partial charge on any atom is 0.126 e. The average molecular weight is 273 g/mol. The Balaban J connectivity index is 1.97. The molecule has 0 aliphatic heterocycles. The molecule has 0 aliphatic rings. The molecule has 4 nitrogen and oxygen atoms in total. The topological polar surface area (TPSA) is 39.1 Å². The van der Waals surface area contributed by atoms with Crippen LogP contribution >= 0.6 is 0 Å². The summed E-state index contributed by atoms with van der Waals surface area (Å²) >= 11 is 0. The van der Waals surface area contributed by atoms with Gasteiger partial charge >= 0.3 is 0 Å². The van der Waals surface area contributed by atoms with E-state index in [1.807, 2.05) is 17.1 Å². The van der Waals surface area contributed by atoms with Crippen molar-refractivity contribution >= 4 is 0 Å². The van der Waals surface area contributed by atoms with Crippen molar-refractivity contribution in [2.45, 2.75) is 39.9 Å². The lowest BCUT2D eigenvalue weighted by molar-refractivity contribution is 0.292. The zero-order chi connectivity index (χ0) is 14.4. The summed E-state index contributed by atoms with van der Waals surface area (Å²) in [4.78, 5) is 4.03. The molecule has 108 valence electrons. The van der Waals surface area contributed by atoms with Gasteiger partial charge in [-0.2, -0.15) is 0 Å². The van der Waals surface area contributed by atoms with Crippen LogP contribution in [0.5, 0.6) is 5.75 Å². The van der Waals surface area contributed by atoms with Crippen molar-refractivity contribution in [1.29, 1.82) is 0 Å². The third kappa shape index (κ3) is 4.10. The number of hydrogen-bond acceptors (Lipinski definition) is 3. The molecule has 0 radical (unpaired) electrons. The number of ether oxygens (including phenoxy) is 1. The standard InChI is InChI=1S/C16H23N3O/c1-13(2)18-11-15-6-4-5-14(3)16(15)20-10-9-19-8-7-17-12-19/h4-8,12-13,18H,9-11H2,1-3H3. The summed E-state index contributed by atoms with van der Waals surface area (Å²) in [6.07, 6.45) is 5.54. The Bertz CT molecular complexity index is 521. The van der Waals surface area contributed by atoms with Crippen LogP contribution in [0.3, 0.4) is 0 Å². The van der Waals surface area contributed by atoms with E-state index in [1.54, 1.807) is 6.20 Å². The second-order valence-corrected chi connectivity index (χ2v) is 5.25. The Morgan fingerprint density at radius 1 is 1.35 bits per heavy atom. The number of aromatic nitrogens is 2. The first-order valence-electron chi connectivity index (χ1n) is 7.07. The fraction of sp³-hybridized carbons (Fsp3) is 0.438. The van der Waals surface area contributed by atoms with Gasteiger partial charge in [0.25, 0.3) is 0 Å². The van der Waals surface area contributed by atoms with Crippen LogP contribution in [-0.2, 0) is 13.1 Å². The predicted molar refractivity (Wildman–Crippen MR) is 80.9 cm³/mol. The van der Waals surface area contributed by atoms with Gasteiger partial charge in [-0.25, -0.2) is 4.98 Å². The van der Waals surface area contributed by atoms with Crippen molar-refractivity contribution < 1.29 is 4.74 Å². The fourth-order valence-corrected chi connectivity index (χ4v) is 2.05. The summed E-state index contributed by atoms with van der Waals surface area (Å²) in [7, 11) is 0. The van der Waals surface area contributed by atoms with Crippen LogP contribution in [-0.4, -0.2) is 22.2 Å². The van der Waals surface area contributed by atoms with Gasteiger partial charge in [-0.15, -0.1) is 0 Å². The van der Waals surface area contributed by atoms with Gasteiger partial charge in [-0.3, -0.25) is 0 Å². The third-order valence-corrected chi connectivity index (χ3v) is 3.15. The summed E-state index contributed by atoms with van der Waals surface area (Å²) in [5.41, 5.74) is 2.39. The van der Waals surface area contributed by atoms with Gasteiger partial charge in [0.15, 0.2) is 0 Å². The zero-order valence-corrected chi connectivity index (χ0v) is 12.5. The molecular weight excluding hydrogens is 250 g/mol. The minimum Gasteiger partial charge on any atom is -0.491 e. The number of aryl methyl sites for hydroxylation is 1. The molecule has 0 amide bonds. The van der Waals surface area contributed by atoms with Crippen LogP contribution in [0.4, 0.5) is 0 Å². The Morgan fingerprint density at radius 2 is 2.20 bits per heavy atom. The van der Waals surface area contributed by atoms with Crippen LogP contribution in [0.15, 0.2) is 36.9 Å². The Labute approximate surface area is 120 Å². The molecule has 0 fully saturated rings. The van der Waals surface area contributed by atoms with Gasteiger partial charge in [0.2, 0.25) is 0 Å². The van der Waals surface area contributed by atoms with Crippen LogP contribution in [0.2, 0.25) is 0 Å². The summed E-state index contributed by atoms with van der Waals surface area (Å²) < 4.78 is 8.00. The first-order chi connectivity index (χ1) is 9.66. The molecule has 4 heteroatoms. The highest BCUT2D eigenvalue weighted by atomic mass is 16.5. The molecular formula is C16H23N3O. The molecule has 1 N–H and O–H groups in total. The molecule has 1 aromatic carbocycles. The highest BCUT2D eigenvalue weighted by molar-refractivity contribution is 5.40. The predicted octanol–water partition coefficient (Wildman–Crippen LogP) is 2.77. The molecule has 0 unspecified atom stereocenters. The van der Waals surface area contributed by atoms with Crippen molar-refractivity contribution in [3.05, 3.63) is 48.0 Å². The molecule has 20 heavy (non-hydrogen) atoms. The first kappa shape index (κ1) is 14.6. The normalized spacial score (nSPS) is 11.0. The van der Waals surface area contributed by atoms with E-state index in [0.717, 1.165) is 18.8 Å². The number of para-hydroxylation sites is 1. The van der Waals surface area contributed by atoms with Crippen LogP contribution in [0.1, 0.15) is 25.0 Å². The van der Waals surface area contributed by atoms with E-state index in [4.69, 9.17) is 4.74 Å². The number of nitrogens with one attached hydrogen (secondary N) is 1. The molecule has 1 heterocycles. The van der Waals surface area contributed by atoms with Crippen molar-refractivity contribution in [2.75, 3.05) is 6.61 Å². The third-order valence-electron chi connectivity index (χ3n) is 3.15. The van der Waals surface area contributed by atoms with E-state index < -0.39 is 0 Å². The summed E-state index contributed by atoms with van der Waals surface area (Å²) in [6, 6.07) is 6.75. The summed E-state index contributed by atoms with van der Waals surface area (Å²) in [5.74, 6) is 1.00. The zero-order valence-electron chi connectivity index (χ0n) is 12.5. The van der Waals surface area contributed by atoms with Crippen molar-refractivity contribution in [3.63, 3.8) is 0 Å². The van der Waals surface area contributed by atoms with E-state index in [0.29, 0.717) is 12.6 Å². The SMILES string of the molecule is Cc1cccc(CNC(C)C)c1OCCn1ccnc1. The van der Waals surface area contributed by atoms with Crippen molar-refractivity contribution in [3.8, 4) is 5.75 Å². The lowest BCUT2D eigenvalue weighted by atomic mass is 10.1. The first-order valence-corrected chi connectivity index (χ1v) is 7.07. The maximum atomic E-state index is 5.98. The molecule has 2 aromatic rings. The molecule has 0 aliphatic carbocycles. The highest BCUT2D eigenvalue weighted by Crippen LogP contribution is 2.23. The van der Waals surface area contributed by atoms with Crippen LogP contribution in [0, 0.1) is 6.92 Å². The summed E-state index contributed by atoms with van der Waals surface area (Å²) in [5, 5.41) is 3.44. The number of imidazole rings is 1. The monoisotopic (exact) mass is 273 g/mol. The second kappa shape index (κ2) is 7.10. The van der Waals surface area contributed by atoms with Crippen LogP contribution < -0.4 is 10.1 Å². The van der Waals surface area contributed by atoms with E-state index >= 15 is 0 Å². The largest absolute Gasteiger partial charge is 0.491 e. The number of rotatable bonds is 7. The van der Waals surface area contributed by atoms with Gasteiger partial charge in [-0.1, -0.05) is 32.0 Å². The molecule has 1 aromatic heterocycles. The second-order valence-electron chi connectivity index (χ2n) is 5.25. The van der Waals surface area contributed by atoms with Gasteiger partial charge in [0, 0.05) is 30.5 Å². The Hall–Kier alpha value is -1.81. The summed E-state index contributed by atoms with van der Waals surface area (Å²) in [6.45, 7) is 8.68. The van der Waals surface area contributed by atoms with Gasteiger partial charge < -0.3 is 14.6 Å². The van der Waals surface area contributed by atoms with E-state index in [2.05, 4.69) is 49.3 Å². The van der Waals surface area contributed by atoms with E-state index in [-0.39, 0.29) is 0 Å². The molecule has 0 saturated heterocycles.